The van der Waals surface area contributed by atoms with Crippen LogP contribution in [-0.2, 0) is 16.4 Å². The summed E-state index contributed by atoms with van der Waals surface area (Å²) < 4.78 is 24.5. The number of halogens is 1. The maximum absolute atomic E-state index is 12.2. The Balaban J connectivity index is 1.59. The van der Waals surface area contributed by atoms with Crippen LogP contribution in [-0.4, -0.2) is 30.9 Å². The van der Waals surface area contributed by atoms with Crippen molar-refractivity contribution in [3.63, 3.8) is 0 Å². The van der Waals surface area contributed by atoms with Gasteiger partial charge in [-0.15, -0.1) is 0 Å². The molecule has 7 heteroatoms. The molecule has 0 amide bonds. The van der Waals surface area contributed by atoms with Gasteiger partial charge < -0.3 is 5.32 Å². The number of para-hydroxylation sites is 1. The largest absolute Gasteiger partial charge is 0.312 e. The van der Waals surface area contributed by atoms with Crippen molar-refractivity contribution in [1.29, 1.82) is 0 Å². The summed E-state index contributed by atoms with van der Waals surface area (Å²) in [6, 6.07) is 12.2. The van der Waals surface area contributed by atoms with Gasteiger partial charge in [0.1, 0.15) is 0 Å². The number of sulfone groups is 1. The predicted octanol–water partition coefficient (Wildman–Crippen LogP) is 2.78. The van der Waals surface area contributed by atoms with Gasteiger partial charge in [0.05, 0.1) is 22.4 Å². The van der Waals surface area contributed by atoms with Crippen LogP contribution in [0.15, 0.2) is 53.6 Å². The van der Waals surface area contributed by atoms with Crippen molar-refractivity contribution in [3.05, 3.63) is 59.2 Å². The monoisotopic (exact) mass is 349 g/mol. The fourth-order valence-corrected chi connectivity index (χ4v) is 3.69. The molecule has 1 heterocycles. The zero-order chi connectivity index (χ0) is 16.3. The van der Waals surface area contributed by atoms with Crippen LogP contribution in [0.3, 0.4) is 0 Å². The lowest BCUT2D eigenvalue weighted by Crippen LogP contribution is -2.22. The number of hydrogen-bond donors (Lipinski definition) is 2. The van der Waals surface area contributed by atoms with Gasteiger partial charge >= 0.3 is 0 Å². The van der Waals surface area contributed by atoms with Gasteiger partial charge in [-0.3, -0.25) is 5.10 Å². The van der Waals surface area contributed by atoms with Crippen molar-refractivity contribution in [2.45, 2.75) is 11.4 Å². The highest BCUT2D eigenvalue weighted by Gasteiger charge is 2.13. The van der Waals surface area contributed by atoms with Crippen LogP contribution < -0.4 is 5.32 Å². The topological polar surface area (TPSA) is 74.8 Å². The van der Waals surface area contributed by atoms with E-state index in [2.05, 4.69) is 15.5 Å². The van der Waals surface area contributed by atoms with E-state index in [1.165, 1.54) is 12.1 Å². The fourth-order valence-electron chi connectivity index (χ4n) is 2.37. The molecule has 0 radical (unpaired) electrons. The van der Waals surface area contributed by atoms with Crippen LogP contribution in [0.25, 0.3) is 10.9 Å². The predicted molar refractivity (Wildman–Crippen MR) is 91.3 cm³/mol. The number of aromatic nitrogens is 2. The Kier molecular flexibility index (Phi) is 4.66. The first kappa shape index (κ1) is 16.0. The number of aromatic amines is 1. The van der Waals surface area contributed by atoms with Gasteiger partial charge in [0.15, 0.2) is 9.84 Å². The highest BCUT2D eigenvalue weighted by Crippen LogP contribution is 2.16. The molecule has 0 spiro atoms. The summed E-state index contributed by atoms with van der Waals surface area (Å²) in [6.45, 7) is 0.950. The van der Waals surface area contributed by atoms with Crippen molar-refractivity contribution < 1.29 is 8.42 Å². The third-order valence-electron chi connectivity index (χ3n) is 3.60. The lowest BCUT2D eigenvalue weighted by Gasteiger charge is -2.07. The molecule has 0 saturated carbocycles. The highest BCUT2D eigenvalue weighted by atomic mass is 35.5. The highest BCUT2D eigenvalue weighted by molar-refractivity contribution is 7.91. The molecule has 2 aromatic carbocycles. The molecule has 2 N–H and O–H groups in total. The molecule has 0 bridgehead atoms. The molecule has 0 saturated heterocycles. The van der Waals surface area contributed by atoms with Gasteiger partial charge in [0.25, 0.3) is 0 Å². The van der Waals surface area contributed by atoms with Gasteiger partial charge in [-0.05, 0) is 29.8 Å². The van der Waals surface area contributed by atoms with Crippen LogP contribution in [0.4, 0.5) is 0 Å². The van der Waals surface area contributed by atoms with Gasteiger partial charge in [0.2, 0.25) is 0 Å². The van der Waals surface area contributed by atoms with E-state index in [0.717, 1.165) is 16.5 Å². The van der Waals surface area contributed by atoms with Gasteiger partial charge in [-0.25, -0.2) is 8.42 Å². The zero-order valence-corrected chi connectivity index (χ0v) is 13.9. The minimum Gasteiger partial charge on any atom is -0.312 e. The van der Waals surface area contributed by atoms with Gasteiger partial charge in [0, 0.05) is 23.5 Å². The van der Waals surface area contributed by atoms with E-state index in [1.54, 1.807) is 18.3 Å². The average Bonchev–Trinajstić information content (AvgIpc) is 3.01. The Morgan fingerprint density at radius 3 is 2.70 bits per heavy atom. The maximum Gasteiger partial charge on any atom is 0.179 e. The molecule has 5 nitrogen and oxygen atoms in total. The van der Waals surface area contributed by atoms with Crippen molar-refractivity contribution in [3.8, 4) is 0 Å². The molecule has 0 aliphatic carbocycles. The Morgan fingerprint density at radius 2 is 1.91 bits per heavy atom. The van der Waals surface area contributed by atoms with Crippen LogP contribution >= 0.6 is 11.6 Å². The standard InChI is InChI=1S/C16H16ClN3O2S/c17-14-4-6-15(7-5-14)23(21,22)9-8-18-10-12-2-1-3-13-11-19-20-16(12)13/h1-7,11,18H,8-10H2,(H,19,20). The summed E-state index contributed by atoms with van der Waals surface area (Å²) in [7, 11) is -3.30. The minimum atomic E-state index is -3.30. The number of H-pyrrole nitrogens is 1. The lowest BCUT2D eigenvalue weighted by atomic mass is 10.1. The molecule has 3 rings (SSSR count). The second-order valence-corrected chi connectivity index (χ2v) is 7.75. The summed E-state index contributed by atoms with van der Waals surface area (Å²) in [5.41, 5.74) is 2.03. The first-order chi connectivity index (χ1) is 11.1. The Hall–Kier alpha value is -1.89. The molecule has 1 aromatic heterocycles. The molecule has 0 aliphatic rings. The molecule has 0 fully saturated rings. The molecule has 3 aromatic rings. The Labute approximate surface area is 139 Å². The van der Waals surface area contributed by atoms with Gasteiger partial charge in [-0.1, -0.05) is 29.8 Å². The number of rotatable bonds is 6. The third kappa shape index (κ3) is 3.72. The smallest absolute Gasteiger partial charge is 0.179 e. The second kappa shape index (κ2) is 6.70. The van der Waals surface area contributed by atoms with Crippen molar-refractivity contribution >= 4 is 32.3 Å². The van der Waals surface area contributed by atoms with Crippen molar-refractivity contribution in [1.82, 2.24) is 15.5 Å². The van der Waals surface area contributed by atoms with Crippen LogP contribution in [0.5, 0.6) is 0 Å². The lowest BCUT2D eigenvalue weighted by molar-refractivity contribution is 0.591. The quantitative estimate of drug-likeness (QED) is 0.671. The number of hydrogen-bond acceptors (Lipinski definition) is 4. The summed E-state index contributed by atoms with van der Waals surface area (Å²) >= 11 is 5.78. The number of benzene rings is 2. The molecule has 0 unspecified atom stereocenters. The van der Waals surface area contributed by atoms with Crippen LogP contribution in [0.2, 0.25) is 5.02 Å². The summed E-state index contributed by atoms with van der Waals surface area (Å²) in [4.78, 5) is 0.291. The van der Waals surface area contributed by atoms with Gasteiger partial charge in [-0.2, -0.15) is 5.10 Å². The molecular weight excluding hydrogens is 334 g/mol. The van der Waals surface area contributed by atoms with Crippen LogP contribution in [0.1, 0.15) is 5.56 Å². The summed E-state index contributed by atoms with van der Waals surface area (Å²) in [6.07, 6.45) is 1.77. The second-order valence-electron chi connectivity index (χ2n) is 5.20. The first-order valence-corrected chi connectivity index (χ1v) is 9.19. The summed E-state index contributed by atoms with van der Waals surface area (Å²) in [5.74, 6) is 0.0353. The van der Waals surface area contributed by atoms with E-state index >= 15 is 0 Å². The average molecular weight is 350 g/mol. The van der Waals surface area contributed by atoms with E-state index in [4.69, 9.17) is 11.6 Å². The summed E-state index contributed by atoms with van der Waals surface area (Å²) in [5, 5.41) is 11.7. The molecular formula is C16H16ClN3O2S. The Morgan fingerprint density at radius 1 is 1.13 bits per heavy atom. The molecule has 120 valence electrons. The number of nitrogens with one attached hydrogen (secondary N) is 2. The Bertz CT molecular complexity index is 904. The van der Waals surface area contributed by atoms with E-state index in [9.17, 15) is 8.42 Å². The minimum absolute atomic E-state index is 0.0353. The first-order valence-electron chi connectivity index (χ1n) is 7.16. The van der Waals surface area contributed by atoms with E-state index in [-0.39, 0.29) is 5.75 Å². The van der Waals surface area contributed by atoms with E-state index in [0.29, 0.717) is 23.0 Å². The zero-order valence-electron chi connectivity index (χ0n) is 12.3. The SMILES string of the molecule is O=S(=O)(CCNCc1cccc2cn[nH]c12)c1ccc(Cl)cc1. The third-order valence-corrected chi connectivity index (χ3v) is 5.58. The maximum atomic E-state index is 12.2. The van der Waals surface area contributed by atoms with Crippen molar-refractivity contribution in [2.75, 3.05) is 12.3 Å². The number of fused-ring (bicyclic) bond motifs is 1. The van der Waals surface area contributed by atoms with E-state index in [1.807, 2.05) is 18.2 Å². The fraction of sp³-hybridized carbons (Fsp3) is 0.188. The molecule has 0 atom stereocenters. The van der Waals surface area contributed by atoms with E-state index < -0.39 is 9.84 Å². The molecule has 0 aliphatic heterocycles. The van der Waals surface area contributed by atoms with Crippen LogP contribution in [0, 0.1) is 0 Å². The molecule has 23 heavy (non-hydrogen) atoms. The normalized spacial score (nSPS) is 11.9. The van der Waals surface area contributed by atoms with Crippen molar-refractivity contribution in [2.24, 2.45) is 0 Å². The number of nitrogens with zero attached hydrogens (tertiary/aromatic N) is 1.